The monoisotopic (exact) mass is 245 g/mol. The van der Waals surface area contributed by atoms with E-state index in [9.17, 15) is 4.79 Å². The van der Waals surface area contributed by atoms with Crippen LogP contribution in [0.1, 0.15) is 10.6 Å². The van der Waals surface area contributed by atoms with Gasteiger partial charge in [0.05, 0.1) is 17.2 Å². The zero-order chi connectivity index (χ0) is 11.7. The minimum absolute atomic E-state index is 0.310. The molecule has 0 atom stereocenters. The molecular formula is C11H7N3O2S. The van der Waals surface area contributed by atoms with E-state index < -0.39 is 0 Å². The van der Waals surface area contributed by atoms with Crippen molar-refractivity contribution >= 4 is 29.1 Å². The van der Waals surface area contributed by atoms with Crippen molar-refractivity contribution in [1.82, 2.24) is 15.0 Å². The fraction of sp³-hybridized carbons (Fsp3) is 0. The van der Waals surface area contributed by atoms with E-state index in [0.717, 1.165) is 11.0 Å². The topological polar surface area (TPSA) is 71.8 Å². The van der Waals surface area contributed by atoms with E-state index in [4.69, 9.17) is 4.42 Å². The van der Waals surface area contributed by atoms with Crippen LogP contribution in [0.5, 0.6) is 0 Å². The van der Waals surface area contributed by atoms with Crippen LogP contribution in [-0.4, -0.2) is 21.2 Å². The normalized spacial score (nSPS) is 10.8. The number of fused-ring (bicyclic) bond motifs is 1. The van der Waals surface area contributed by atoms with Gasteiger partial charge >= 0.3 is 0 Å². The number of hydrogen-bond acceptors (Lipinski definition) is 5. The molecule has 84 valence electrons. The highest BCUT2D eigenvalue weighted by Crippen LogP contribution is 2.28. The van der Waals surface area contributed by atoms with Crippen molar-refractivity contribution in [2.75, 3.05) is 0 Å². The first kappa shape index (κ1) is 10.1. The molecule has 0 saturated carbocycles. The molecule has 0 saturated heterocycles. The Morgan fingerprint density at radius 3 is 3.06 bits per heavy atom. The van der Waals surface area contributed by atoms with Crippen molar-refractivity contribution in [3.63, 3.8) is 0 Å². The molecule has 6 heteroatoms. The largest absolute Gasteiger partial charge is 0.447 e. The standard InChI is InChI=1S/C11H7N3O2S/c15-6-7-1-2-10(16-7)17-11-13-8-3-4-12-5-9(8)14-11/h1-6H,(H,13,14). The van der Waals surface area contributed by atoms with Crippen molar-refractivity contribution < 1.29 is 9.21 Å². The Labute approximate surface area is 100 Å². The molecule has 0 bridgehead atoms. The Kier molecular flexibility index (Phi) is 2.41. The van der Waals surface area contributed by atoms with Crippen LogP contribution in [0, 0.1) is 0 Å². The number of nitrogens with one attached hydrogen (secondary N) is 1. The average molecular weight is 245 g/mol. The summed E-state index contributed by atoms with van der Waals surface area (Å²) < 4.78 is 5.25. The summed E-state index contributed by atoms with van der Waals surface area (Å²) in [4.78, 5) is 22.0. The molecule has 17 heavy (non-hydrogen) atoms. The Balaban J connectivity index is 1.91. The number of furan rings is 1. The van der Waals surface area contributed by atoms with Crippen LogP contribution in [0.25, 0.3) is 11.0 Å². The molecule has 0 aliphatic rings. The summed E-state index contributed by atoms with van der Waals surface area (Å²) in [5.74, 6) is 0.310. The molecule has 0 aromatic carbocycles. The lowest BCUT2D eigenvalue weighted by Gasteiger charge is -1.90. The van der Waals surface area contributed by atoms with Gasteiger partial charge in [-0.15, -0.1) is 0 Å². The van der Waals surface area contributed by atoms with Crippen LogP contribution < -0.4 is 0 Å². The summed E-state index contributed by atoms with van der Waals surface area (Å²) in [6.07, 6.45) is 4.08. The Hall–Kier alpha value is -2.08. The molecule has 3 aromatic heterocycles. The molecule has 0 aliphatic heterocycles. The first-order valence-corrected chi connectivity index (χ1v) is 5.69. The maximum Gasteiger partial charge on any atom is 0.185 e. The summed E-state index contributed by atoms with van der Waals surface area (Å²) in [6, 6.07) is 5.19. The smallest absolute Gasteiger partial charge is 0.185 e. The molecule has 5 nitrogen and oxygen atoms in total. The Bertz CT molecular complexity index is 641. The van der Waals surface area contributed by atoms with Gasteiger partial charge in [-0.3, -0.25) is 9.78 Å². The van der Waals surface area contributed by atoms with Crippen LogP contribution in [0.15, 0.2) is 45.3 Å². The van der Waals surface area contributed by atoms with Crippen molar-refractivity contribution in [2.24, 2.45) is 0 Å². The second kappa shape index (κ2) is 4.06. The van der Waals surface area contributed by atoms with Gasteiger partial charge in [0, 0.05) is 6.20 Å². The fourth-order valence-electron chi connectivity index (χ4n) is 1.43. The fourth-order valence-corrected chi connectivity index (χ4v) is 2.20. The highest BCUT2D eigenvalue weighted by molar-refractivity contribution is 7.99. The van der Waals surface area contributed by atoms with Crippen molar-refractivity contribution in [3.05, 3.63) is 36.4 Å². The van der Waals surface area contributed by atoms with Gasteiger partial charge in [0.1, 0.15) is 0 Å². The van der Waals surface area contributed by atoms with Crippen LogP contribution in [0.2, 0.25) is 0 Å². The number of rotatable bonds is 3. The van der Waals surface area contributed by atoms with Crippen LogP contribution in [0.3, 0.4) is 0 Å². The minimum atomic E-state index is 0.310. The number of aromatic amines is 1. The van der Waals surface area contributed by atoms with Crippen molar-refractivity contribution in [2.45, 2.75) is 10.2 Å². The predicted molar refractivity (Wildman–Crippen MR) is 62.1 cm³/mol. The molecular weight excluding hydrogens is 238 g/mol. The number of imidazole rings is 1. The van der Waals surface area contributed by atoms with Gasteiger partial charge in [0.15, 0.2) is 22.3 Å². The van der Waals surface area contributed by atoms with E-state index in [1.165, 1.54) is 11.8 Å². The first-order chi connectivity index (χ1) is 8.35. The molecule has 3 aromatic rings. The maximum absolute atomic E-state index is 10.5. The Morgan fingerprint density at radius 2 is 2.29 bits per heavy atom. The number of carbonyl (C=O) groups is 1. The lowest BCUT2D eigenvalue weighted by atomic mass is 10.4. The molecule has 0 aliphatic carbocycles. The third-order valence-electron chi connectivity index (χ3n) is 2.18. The SMILES string of the molecule is O=Cc1ccc(Sc2nc3ccncc3[nH]2)o1. The van der Waals surface area contributed by atoms with Gasteiger partial charge in [0.25, 0.3) is 0 Å². The molecule has 0 amide bonds. The average Bonchev–Trinajstić information content (AvgIpc) is 2.94. The van der Waals surface area contributed by atoms with E-state index >= 15 is 0 Å². The van der Waals surface area contributed by atoms with Crippen LogP contribution >= 0.6 is 11.8 Å². The summed E-state index contributed by atoms with van der Waals surface area (Å²) >= 11 is 1.33. The number of aromatic nitrogens is 3. The summed E-state index contributed by atoms with van der Waals surface area (Å²) in [6.45, 7) is 0. The van der Waals surface area contributed by atoms with Gasteiger partial charge in [-0.25, -0.2) is 4.98 Å². The van der Waals surface area contributed by atoms with Crippen molar-refractivity contribution in [1.29, 1.82) is 0 Å². The maximum atomic E-state index is 10.5. The number of aldehydes is 1. The number of pyridine rings is 1. The van der Waals surface area contributed by atoms with Gasteiger partial charge in [-0.05, 0) is 30.0 Å². The zero-order valence-corrected chi connectivity index (χ0v) is 9.40. The van der Waals surface area contributed by atoms with Crippen LogP contribution in [0.4, 0.5) is 0 Å². The Morgan fingerprint density at radius 1 is 1.35 bits per heavy atom. The van der Waals surface area contributed by atoms with Gasteiger partial charge in [0.2, 0.25) is 0 Å². The number of carbonyl (C=O) groups excluding carboxylic acids is 1. The van der Waals surface area contributed by atoms with E-state index in [1.807, 2.05) is 6.07 Å². The quantitative estimate of drug-likeness (QED) is 0.718. The summed E-state index contributed by atoms with van der Waals surface area (Å²) in [5, 5.41) is 1.33. The highest BCUT2D eigenvalue weighted by atomic mass is 32.2. The van der Waals surface area contributed by atoms with E-state index in [2.05, 4.69) is 15.0 Å². The minimum Gasteiger partial charge on any atom is -0.447 e. The van der Waals surface area contributed by atoms with Gasteiger partial charge < -0.3 is 9.40 Å². The molecule has 0 unspecified atom stereocenters. The lowest BCUT2D eigenvalue weighted by molar-refractivity contribution is 0.109. The molecule has 1 N–H and O–H groups in total. The third kappa shape index (κ3) is 1.94. The predicted octanol–water partition coefficient (Wildman–Crippen LogP) is 2.51. The summed E-state index contributed by atoms with van der Waals surface area (Å²) in [7, 11) is 0. The first-order valence-electron chi connectivity index (χ1n) is 4.88. The second-order valence-corrected chi connectivity index (χ2v) is 4.30. The van der Waals surface area contributed by atoms with E-state index in [-0.39, 0.29) is 0 Å². The third-order valence-corrected chi connectivity index (χ3v) is 2.98. The second-order valence-electron chi connectivity index (χ2n) is 3.31. The molecule has 0 radical (unpaired) electrons. The van der Waals surface area contributed by atoms with Crippen molar-refractivity contribution in [3.8, 4) is 0 Å². The van der Waals surface area contributed by atoms with Gasteiger partial charge in [-0.2, -0.15) is 0 Å². The van der Waals surface area contributed by atoms with E-state index in [1.54, 1.807) is 24.5 Å². The molecule has 3 rings (SSSR count). The molecule has 0 fully saturated rings. The lowest BCUT2D eigenvalue weighted by Crippen LogP contribution is -1.72. The highest BCUT2D eigenvalue weighted by Gasteiger charge is 2.07. The number of nitrogens with zero attached hydrogens (tertiary/aromatic N) is 2. The van der Waals surface area contributed by atoms with E-state index in [0.29, 0.717) is 22.3 Å². The zero-order valence-electron chi connectivity index (χ0n) is 8.58. The molecule has 3 heterocycles. The number of H-pyrrole nitrogens is 1. The molecule has 0 spiro atoms. The van der Waals surface area contributed by atoms with Gasteiger partial charge in [-0.1, -0.05) is 0 Å². The number of hydrogen-bond donors (Lipinski definition) is 1. The summed E-state index contributed by atoms with van der Waals surface area (Å²) in [5.41, 5.74) is 1.72. The van der Waals surface area contributed by atoms with Crippen LogP contribution in [-0.2, 0) is 0 Å².